The number of amides is 2. The van der Waals surface area contributed by atoms with E-state index in [1.165, 1.54) is 11.3 Å². The molecule has 0 bridgehead atoms. The lowest BCUT2D eigenvalue weighted by molar-refractivity contribution is -0.116. The summed E-state index contributed by atoms with van der Waals surface area (Å²) >= 11 is 1.46. The predicted molar refractivity (Wildman–Crippen MR) is 134 cm³/mol. The van der Waals surface area contributed by atoms with Crippen molar-refractivity contribution < 1.29 is 14.3 Å². The summed E-state index contributed by atoms with van der Waals surface area (Å²) in [7, 11) is 1.93. The molecule has 0 spiro atoms. The van der Waals surface area contributed by atoms with E-state index in [0.717, 1.165) is 41.1 Å². The number of hydrogen-bond donors (Lipinski definition) is 2. The van der Waals surface area contributed by atoms with Crippen LogP contribution in [0, 0.1) is 17.2 Å². The minimum absolute atomic E-state index is 0.0226. The Morgan fingerprint density at radius 1 is 1.34 bits per heavy atom. The highest BCUT2D eigenvalue weighted by Crippen LogP contribution is 2.39. The normalized spacial score (nSPS) is 15.5. The van der Waals surface area contributed by atoms with Gasteiger partial charge >= 0.3 is 6.09 Å². The molecule has 3 aromatic rings. The molecule has 2 amide bonds. The largest absolute Gasteiger partial charge is 0.449 e. The van der Waals surface area contributed by atoms with Gasteiger partial charge in [-0.1, -0.05) is 13.0 Å². The van der Waals surface area contributed by atoms with Gasteiger partial charge in [0.25, 0.3) is 0 Å². The molecule has 1 aliphatic rings. The minimum Gasteiger partial charge on any atom is -0.449 e. The third-order valence-corrected chi connectivity index (χ3v) is 7.50. The standard InChI is InChI=1S/C26H29N5O3S/c1-17(22-7-3-4-10-28-22)12-24(32)30-25-21(14-27)20-9-8-18(13-23(20)35-25)16-34-26(33)29-15-19-6-5-11-31(19)2/h3-7,10-11,17-18H,8-9,12-13,15-16H2,1-2H3,(H,29,33)(H,30,32). The number of aryl methyl sites for hydroxylation is 1. The van der Waals surface area contributed by atoms with Crippen molar-refractivity contribution in [2.75, 3.05) is 11.9 Å². The van der Waals surface area contributed by atoms with Crippen molar-refractivity contribution in [3.05, 3.63) is 70.1 Å². The van der Waals surface area contributed by atoms with Gasteiger partial charge in [-0.25, -0.2) is 4.79 Å². The van der Waals surface area contributed by atoms with E-state index in [-0.39, 0.29) is 17.7 Å². The van der Waals surface area contributed by atoms with Gasteiger partial charge in [-0.2, -0.15) is 5.26 Å². The van der Waals surface area contributed by atoms with E-state index in [4.69, 9.17) is 4.74 Å². The molecule has 1 aliphatic carbocycles. The van der Waals surface area contributed by atoms with Crippen LogP contribution in [0.25, 0.3) is 0 Å². The Kier molecular flexibility index (Phi) is 7.83. The summed E-state index contributed by atoms with van der Waals surface area (Å²) in [5.41, 5.74) is 3.43. The fraction of sp³-hybridized carbons (Fsp3) is 0.385. The van der Waals surface area contributed by atoms with Crippen LogP contribution in [-0.2, 0) is 36.0 Å². The molecular weight excluding hydrogens is 462 g/mol. The van der Waals surface area contributed by atoms with Crippen LogP contribution in [0.2, 0.25) is 0 Å². The van der Waals surface area contributed by atoms with Gasteiger partial charge in [0.05, 0.1) is 18.7 Å². The van der Waals surface area contributed by atoms with Gasteiger partial charge in [0.15, 0.2) is 0 Å². The van der Waals surface area contributed by atoms with Gasteiger partial charge in [0.1, 0.15) is 11.1 Å². The maximum Gasteiger partial charge on any atom is 0.407 e. The quantitative estimate of drug-likeness (QED) is 0.482. The fourth-order valence-corrected chi connectivity index (χ4v) is 5.65. The second-order valence-corrected chi connectivity index (χ2v) is 10.0. The Labute approximate surface area is 208 Å². The third-order valence-electron chi connectivity index (χ3n) is 6.33. The van der Waals surface area contributed by atoms with Gasteiger partial charge in [-0.05, 0) is 55.0 Å². The van der Waals surface area contributed by atoms with E-state index in [9.17, 15) is 14.9 Å². The lowest BCUT2D eigenvalue weighted by atomic mass is 9.88. The van der Waals surface area contributed by atoms with Crippen molar-refractivity contribution >= 4 is 28.3 Å². The lowest BCUT2D eigenvalue weighted by Crippen LogP contribution is -2.28. The van der Waals surface area contributed by atoms with Crippen molar-refractivity contribution in [3.63, 3.8) is 0 Å². The van der Waals surface area contributed by atoms with Crippen molar-refractivity contribution in [1.29, 1.82) is 5.26 Å². The number of carbonyl (C=O) groups excluding carboxylic acids is 2. The molecule has 0 radical (unpaired) electrons. The van der Waals surface area contributed by atoms with E-state index in [1.54, 1.807) is 6.20 Å². The smallest absolute Gasteiger partial charge is 0.407 e. The molecule has 4 rings (SSSR count). The number of alkyl carbamates (subject to hydrolysis) is 1. The summed E-state index contributed by atoms with van der Waals surface area (Å²) in [5, 5.41) is 16.1. The monoisotopic (exact) mass is 491 g/mol. The van der Waals surface area contributed by atoms with Gasteiger partial charge in [-0.15, -0.1) is 11.3 Å². The molecular formula is C26H29N5O3S. The van der Waals surface area contributed by atoms with Gasteiger partial charge in [0.2, 0.25) is 5.91 Å². The Balaban J connectivity index is 1.31. The van der Waals surface area contributed by atoms with Crippen LogP contribution < -0.4 is 10.6 Å². The summed E-state index contributed by atoms with van der Waals surface area (Å²) in [6.07, 6.45) is 5.78. The van der Waals surface area contributed by atoms with Crippen LogP contribution in [-0.4, -0.2) is 28.2 Å². The number of fused-ring (bicyclic) bond motifs is 1. The number of hydrogen-bond acceptors (Lipinski definition) is 6. The summed E-state index contributed by atoms with van der Waals surface area (Å²) < 4.78 is 7.40. The van der Waals surface area contributed by atoms with E-state index in [0.29, 0.717) is 30.1 Å². The van der Waals surface area contributed by atoms with Crippen LogP contribution in [0.1, 0.15) is 53.1 Å². The Morgan fingerprint density at radius 2 is 2.20 bits per heavy atom. The molecule has 9 heteroatoms. The molecule has 0 saturated carbocycles. The van der Waals surface area contributed by atoms with E-state index in [2.05, 4.69) is 21.7 Å². The van der Waals surface area contributed by atoms with E-state index in [1.807, 2.05) is 55.1 Å². The Morgan fingerprint density at radius 3 is 2.91 bits per heavy atom. The zero-order valence-corrected chi connectivity index (χ0v) is 20.7. The topological polar surface area (TPSA) is 109 Å². The first kappa shape index (κ1) is 24.5. The predicted octanol–water partition coefficient (Wildman–Crippen LogP) is 4.52. The number of nitrogens with one attached hydrogen (secondary N) is 2. The number of rotatable bonds is 8. The van der Waals surface area contributed by atoms with Crippen molar-refractivity contribution in [2.45, 2.75) is 45.1 Å². The molecule has 3 aromatic heterocycles. The molecule has 2 N–H and O–H groups in total. The van der Waals surface area contributed by atoms with Crippen LogP contribution >= 0.6 is 11.3 Å². The molecule has 0 fully saturated rings. The Bertz CT molecular complexity index is 1230. The summed E-state index contributed by atoms with van der Waals surface area (Å²) in [6, 6.07) is 11.8. The van der Waals surface area contributed by atoms with Crippen LogP contribution in [0.15, 0.2) is 42.7 Å². The number of nitrogens with zero attached hydrogens (tertiary/aromatic N) is 3. The molecule has 3 heterocycles. The second-order valence-electron chi connectivity index (χ2n) is 8.90. The average Bonchev–Trinajstić information content (AvgIpc) is 3.43. The maximum atomic E-state index is 12.7. The lowest BCUT2D eigenvalue weighted by Gasteiger charge is -2.21. The number of thiophene rings is 1. The first-order chi connectivity index (χ1) is 16.9. The zero-order chi connectivity index (χ0) is 24.8. The van der Waals surface area contributed by atoms with Crippen molar-refractivity contribution in [2.24, 2.45) is 13.0 Å². The van der Waals surface area contributed by atoms with Crippen LogP contribution in [0.3, 0.4) is 0 Å². The molecule has 182 valence electrons. The number of anilines is 1. The number of nitriles is 1. The minimum atomic E-state index is -0.434. The number of aromatic nitrogens is 2. The summed E-state index contributed by atoms with van der Waals surface area (Å²) in [4.78, 5) is 30.2. The number of carbonyl (C=O) groups is 2. The Hall–Kier alpha value is -3.64. The molecule has 2 atom stereocenters. The van der Waals surface area contributed by atoms with Gasteiger partial charge in [0, 0.05) is 48.0 Å². The second kappa shape index (κ2) is 11.2. The molecule has 35 heavy (non-hydrogen) atoms. The molecule has 8 nitrogen and oxygen atoms in total. The highest BCUT2D eigenvalue weighted by molar-refractivity contribution is 7.16. The van der Waals surface area contributed by atoms with Crippen LogP contribution in [0.4, 0.5) is 9.80 Å². The van der Waals surface area contributed by atoms with Crippen molar-refractivity contribution in [3.8, 4) is 6.07 Å². The maximum absolute atomic E-state index is 12.7. The number of ether oxygens (including phenoxy) is 1. The third kappa shape index (κ3) is 6.08. The highest BCUT2D eigenvalue weighted by Gasteiger charge is 2.27. The first-order valence-corrected chi connectivity index (χ1v) is 12.5. The highest BCUT2D eigenvalue weighted by atomic mass is 32.1. The fourth-order valence-electron chi connectivity index (χ4n) is 4.32. The van der Waals surface area contributed by atoms with Crippen molar-refractivity contribution in [1.82, 2.24) is 14.9 Å². The average molecular weight is 492 g/mol. The summed E-state index contributed by atoms with van der Waals surface area (Å²) in [6.45, 7) is 2.70. The number of pyridine rings is 1. The van der Waals surface area contributed by atoms with E-state index < -0.39 is 6.09 Å². The van der Waals surface area contributed by atoms with Gasteiger partial charge < -0.3 is 19.9 Å². The zero-order valence-electron chi connectivity index (χ0n) is 19.9. The first-order valence-electron chi connectivity index (χ1n) is 11.7. The molecule has 0 aromatic carbocycles. The molecule has 0 aliphatic heterocycles. The molecule has 0 saturated heterocycles. The SMILES string of the molecule is CC(CC(=O)Nc1sc2c(c1C#N)CCC(COC(=O)NCc1cccn1C)C2)c1ccccn1. The van der Waals surface area contributed by atoms with Crippen LogP contribution in [0.5, 0.6) is 0 Å². The molecule has 2 unspecified atom stereocenters. The summed E-state index contributed by atoms with van der Waals surface area (Å²) in [5.74, 6) is 0.0276. The van der Waals surface area contributed by atoms with Gasteiger partial charge in [-0.3, -0.25) is 9.78 Å². The van der Waals surface area contributed by atoms with E-state index >= 15 is 0 Å².